The molecule has 0 radical (unpaired) electrons. The molecule has 0 aromatic heterocycles. The van der Waals surface area contributed by atoms with Crippen molar-refractivity contribution in [3.05, 3.63) is 71.0 Å². The van der Waals surface area contributed by atoms with Crippen molar-refractivity contribution in [3.63, 3.8) is 0 Å². The highest BCUT2D eigenvalue weighted by Gasteiger charge is 2.24. The summed E-state index contributed by atoms with van der Waals surface area (Å²) in [6.07, 6.45) is 3.56. The largest absolute Gasteiger partial charge is 0.399 e. The van der Waals surface area contributed by atoms with Crippen LogP contribution < -0.4 is 21.7 Å². The fourth-order valence-electron chi connectivity index (χ4n) is 3.85. The fraction of sp³-hybridized carbons (Fsp3) is 0.333. The number of nitrogens with one attached hydrogen (secondary N) is 4. The molecule has 1 fully saturated rings. The first-order valence-corrected chi connectivity index (χ1v) is 11.1. The topological polar surface area (TPSA) is 106 Å². The number of nitrogen functional groups attached to an aromatic ring is 1. The van der Waals surface area contributed by atoms with Crippen LogP contribution in [0.4, 0.5) is 11.4 Å². The third-order valence-electron chi connectivity index (χ3n) is 5.59. The minimum Gasteiger partial charge on any atom is -0.399 e. The molecule has 32 heavy (non-hydrogen) atoms. The maximum atomic E-state index is 12.5. The van der Waals surface area contributed by atoms with Gasteiger partial charge in [0.1, 0.15) is 5.84 Å². The highest BCUT2D eigenvalue weighted by molar-refractivity contribution is 6.34. The van der Waals surface area contributed by atoms with Crippen LogP contribution in [0.5, 0.6) is 0 Å². The van der Waals surface area contributed by atoms with Crippen molar-refractivity contribution in [1.29, 1.82) is 5.41 Å². The molecule has 0 heterocycles. The van der Waals surface area contributed by atoms with E-state index in [4.69, 9.17) is 22.7 Å². The summed E-state index contributed by atoms with van der Waals surface area (Å²) in [5.74, 6) is 0.959. The van der Waals surface area contributed by atoms with Crippen LogP contribution in [0.25, 0.3) is 0 Å². The molecule has 2 aromatic carbocycles. The molecule has 6 N–H and O–H groups in total. The maximum Gasteiger partial charge on any atom is 0.253 e. The molecule has 0 aliphatic heterocycles. The van der Waals surface area contributed by atoms with E-state index in [0.717, 1.165) is 36.9 Å². The monoisotopic (exact) mass is 454 g/mol. The number of hydrogen-bond donors (Lipinski definition) is 5. The number of amidine groups is 1. The van der Waals surface area contributed by atoms with Gasteiger partial charge in [0.25, 0.3) is 5.91 Å². The second-order valence-corrected chi connectivity index (χ2v) is 8.71. The number of anilines is 2. The SMILES string of the molecule is C=C(Nc1ccccc1C(=N)N(C)C)NC1CCC(NC(=O)c2ccc(N)cc2Cl)CC1. The Morgan fingerprint density at radius 2 is 1.69 bits per heavy atom. The summed E-state index contributed by atoms with van der Waals surface area (Å²) in [6, 6.07) is 13.0. The van der Waals surface area contributed by atoms with Crippen LogP contribution >= 0.6 is 11.6 Å². The quantitative estimate of drug-likeness (QED) is 0.247. The molecule has 2 aromatic rings. The van der Waals surface area contributed by atoms with Crippen LogP contribution in [0.15, 0.2) is 54.9 Å². The highest BCUT2D eigenvalue weighted by Crippen LogP contribution is 2.23. The lowest BCUT2D eigenvalue weighted by Crippen LogP contribution is -2.42. The highest BCUT2D eigenvalue weighted by atomic mass is 35.5. The first-order valence-electron chi connectivity index (χ1n) is 10.7. The lowest BCUT2D eigenvalue weighted by molar-refractivity contribution is 0.0925. The van der Waals surface area contributed by atoms with Gasteiger partial charge < -0.3 is 26.6 Å². The van der Waals surface area contributed by atoms with E-state index in [-0.39, 0.29) is 18.0 Å². The standard InChI is InChI=1S/C24H31ClN6O/c1-15(29-22-7-5-4-6-20(22)23(27)31(2)3)28-17-9-11-18(12-10-17)30-24(32)19-13-8-16(26)14-21(19)25/h4-8,13-14,17-18,27-29H,1,9-12,26H2,2-3H3,(H,30,32). The minimum absolute atomic E-state index is 0.108. The zero-order valence-corrected chi connectivity index (χ0v) is 19.3. The number of carbonyl (C=O) groups is 1. The van der Waals surface area contributed by atoms with Gasteiger partial charge in [-0.15, -0.1) is 0 Å². The smallest absolute Gasteiger partial charge is 0.253 e. The van der Waals surface area contributed by atoms with Crippen LogP contribution in [0.2, 0.25) is 5.02 Å². The number of nitrogens with zero attached hydrogens (tertiary/aromatic N) is 1. The van der Waals surface area contributed by atoms with Gasteiger partial charge in [-0.1, -0.05) is 30.3 Å². The molecule has 1 amide bonds. The molecule has 0 unspecified atom stereocenters. The van der Waals surface area contributed by atoms with Crippen molar-refractivity contribution in [2.75, 3.05) is 25.1 Å². The van der Waals surface area contributed by atoms with Gasteiger partial charge >= 0.3 is 0 Å². The van der Waals surface area contributed by atoms with E-state index in [0.29, 0.717) is 27.9 Å². The van der Waals surface area contributed by atoms with Crippen LogP contribution in [-0.2, 0) is 0 Å². The third-order valence-corrected chi connectivity index (χ3v) is 5.91. The normalized spacial score (nSPS) is 17.8. The first-order chi connectivity index (χ1) is 15.2. The van der Waals surface area contributed by atoms with Gasteiger partial charge in [-0.25, -0.2) is 0 Å². The molecule has 0 spiro atoms. The maximum absolute atomic E-state index is 12.5. The van der Waals surface area contributed by atoms with Crippen LogP contribution in [0.1, 0.15) is 41.6 Å². The Bertz CT molecular complexity index is 998. The molecule has 3 rings (SSSR count). The van der Waals surface area contributed by atoms with Crippen molar-refractivity contribution in [2.45, 2.75) is 37.8 Å². The van der Waals surface area contributed by atoms with E-state index in [1.165, 1.54) is 0 Å². The number of nitrogens with two attached hydrogens (primary N) is 1. The molecule has 0 saturated heterocycles. The summed E-state index contributed by atoms with van der Waals surface area (Å²) in [5.41, 5.74) is 8.34. The average Bonchev–Trinajstić information content (AvgIpc) is 2.74. The first kappa shape index (κ1) is 23.5. The Hall–Kier alpha value is -3.19. The molecule has 8 heteroatoms. The van der Waals surface area contributed by atoms with E-state index >= 15 is 0 Å². The van der Waals surface area contributed by atoms with E-state index in [2.05, 4.69) is 22.5 Å². The van der Waals surface area contributed by atoms with Gasteiger partial charge in [-0.05, 0) is 56.0 Å². The average molecular weight is 455 g/mol. The van der Waals surface area contributed by atoms with E-state index in [1.807, 2.05) is 38.4 Å². The Kier molecular flexibility index (Phi) is 7.64. The zero-order chi connectivity index (χ0) is 23.3. The lowest BCUT2D eigenvalue weighted by atomic mass is 9.91. The Balaban J connectivity index is 1.50. The number of amides is 1. The number of rotatable bonds is 7. The van der Waals surface area contributed by atoms with Gasteiger partial charge in [-0.3, -0.25) is 10.2 Å². The molecular formula is C24H31ClN6O. The minimum atomic E-state index is -0.169. The third kappa shape index (κ3) is 5.95. The second-order valence-electron chi connectivity index (χ2n) is 8.30. The van der Waals surface area contributed by atoms with Crippen LogP contribution in [-0.4, -0.2) is 42.8 Å². The number of para-hydroxylation sites is 1. The molecule has 0 atom stereocenters. The molecular weight excluding hydrogens is 424 g/mol. The predicted molar refractivity (Wildman–Crippen MR) is 132 cm³/mol. The number of benzene rings is 2. The molecule has 1 saturated carbocycles. The summed E-state index contributed by atoms with van der Waals surface area (Å²) in [4.78, 5) is 14.3. The number of halogens is 1. The summed E-state index contributed by atoms with van der Waals surface area (Å²) >= 11 is 6.15. The molecule has 0 bridgehead atoms. The summed E-state index contributed by atoms with van der Waals surface area (Å²) in [6.45, 7) is 4.11. The Labute approximate surface area is 194 Å². The van der Waals surface area contributed by atoms with Gasteiger partial charge in [-0.2, -0.15) is 0 Å². The molecule has 1 aliphatic carbocycles. The summed E-state index contributed by atoms with van der Waals surface area (Å²) in [7, 11) is 3.70. The van der Waals surface area contributed by atoms with Crippen molar-refractivity contribution < 1.29 is 4.79 Å². The predicted octanol–water partition coefficient (Wildman–Crippen LogP) is 4.02. The van der Waals surface area contributed by atoms with Gasteiger partial charge in [0.15, 0.2) is 0 Å². The van der Waals surface area contributed by atoms with Gasteiger partial charge in [0.05, 0.1) is 22.1 Å². The van der Waals surface area contributed by atoms with E-state index in [1.54, 1.807) is 23.1 Å². The van der Waals surface area contributed by atoms with Crippen molar-refractivity contribution in [1.82, 2.24) is 15.5 Å². The van der Waals surface area contributed by atoms with Gasteiger partial charge in [0.2, 0.25) is 0 Å². The van der Waals surface area contributed by atoms with Crippen molar-refractivity contribution in [3.8, 4) is 0 Å². The number of carbonyl (C=O) groups excluding carboxylic acids is 1. The lowest BCUT2D eigenvalue weighted by Gasteiger charge is -2.31. The molecule has 7 nitrogen and oxygen atoms in total. The molecule has 170 valence electrons. The Morgan fingerprint density at radius 1 is 1.06 bits per heavy atom. The zero-order valence-electron chi connectivity index (χ0n) is 18.5. The number of hydrogen-bond acceptors (Lipinski definition) is 5. The van der Waals surface area contributed by atoms with Crippen molar-refractivity contribution >= 4 is 34.7 Å². The fourth-order valence-corrected chi connectivity index (χ4v) is 4.12. The van der Waals surface area contributed by atoms with E-state index in [9.17, 15) is 4.79 Å². The summed E-state index contributed by atoms with van der Waals surface area (Å²) in [5, 5.41) is 18.5. The Morgan fingerprint density at radius 3 is 2.31 bits per heavy atom. The van der Waals surface area contributed by atoms with E-state index < -0.39 is 0 Å². The second kappa shape index (κ2) is 10.4. The van der Waals surface area contributed by atoms with Crippen LogP contribution in [0, 0.1) is 5.41 Å². The van der Waals surface area contributed by atoms with Crippen LogP contribution in [0.3, 0.4) is 0 Å². The van der Waals surface area contributed by atoms with Gasteiger partial charge in [0, 0.05) is 37.4 Å². The molecule has 1 aliphatic rings. The van der Waals surface area contributed by atoms with Crippen molar-refractivity contribution in [2.24, 2.45) is 0 Å². The summed E-state index contributed by atoms with van der Waals surface area (Å²) < 4.78 is 0.